The molecule has 0 aromatic carbocycles. The van der Waals surface area contributed by atoms with Gasteiger partial charge in [-0.25, -0.2) is 4.98 Å². The Hall–Kier alpha value is -1.32. The number of rotatable bonds is 6. The minimum atomic E-state index is -0.0232. The first-order valence-corrected chi connectivity index (χ1v) is 6.36. The largest absolute Gasteiger partial charge is 0.363 e. The Morgan fingerprint density at radius 1 is 1.41 bits per heavy atom. The number of anilines is 1. The van der Waals surface area contributed by atoms with Crippen molar-refractivity contribution >= 4 is 5.82 Å². The molecular weight excluding hydrogens is 214 g/mol. The Morgan fingerprint density at radius 2 is 2.12 bits per heavy atom. The van der Waals surface area contributed by atoms with E-state index in [0.717, 1.165) is 19.4 Å². The lowest BCUT2D eigenvalue weighted by Crippen LogP contribution is -2.28. The van der Waals surface area contributed by atoms with Gasteiger partial charge in [-0.15, -0.1) is 0 Å². The van der Waals surface area contributed by atoms with Gasteiger partial charge in [0.1, 0.15) is 0 Å². The molecule has 0 bridgehead atoms. The van der Waals surface area contributed by atoms with Crippen LogP contribution >= 0.6 is 0 Å². The van der Waals surface area contributed by atoms with E-state index in [4.69, 9.17) is 0 Å². The summed E-state index contributed by atoms with van der Waals surface area (Å²) in [5.41, 5.74) is -0.0232. The van der Waals surface area contributed by atoms with Gasteiger partial charge in [-0.1, -0.05) is 20.8 Å². The monoisotopic (exact) mass is 237 g/mol. The van der Waals surface area contributed by atoms with E-state index in [9.17, 15) is 4.79 Å². The first-order valence-electron chi connectivity index (χ1n) is 6.36. The standard InChI is InChI=1S/C13H23N3O/c1-5-7-16-8-6-14-12(13(16)17)15-11(4)9-10(2)3/h6,8,10-11H,5,7,9H2,1-4H3,(H,14,15). The fraction of sp³-hybridized carbons (Fsp3) is 0.692. The van der Waals surface area contributed by atoms with Crippen LogP contribution in [0.15, 0.2) is 17.2 Å². The van der Waals surface area contributed by atoms with Gasteiger partial charge in [0.05, 0.1) is 0 Å². The van der Waals surface area contributed by atoms with Crippen LogP contribution in [0.5, 0.6) is 0 Å². The molecule has 0 saturated carbocycles. The Kier molecular flexibility index (Phi) is 5.19. The molecule has 0 radical (unpaired) electrons. The first kappa shape index (κ1) is 13.7. The lowest BCUT2D eigenvalue weighted by molar-refractivity contribution is 0.537. The fourth-order valence-corrected chi connectivity index (χ4v) is 1.96. The molecule has 0 spiro atoms. The van der Waals surface area contributed by atoms with E-state index >= 15 is 0 Å². The van der Waals surface area contributed by atoms with Crippen LogP contribution in [-0.4, -0.2) is 15.6 Å². The molecule has 0 saturated heterocycles. The molecule has 0 aliphatic carbocycles. The van der Waals surface area contributed by atoms with Crippen LogP contribution in [-0.2, 0) is 6.54 Å². The summed E-state index contributed by atoms with van der Waals surface area (Å²) in [6.07, 6.45) is 5.40. The topological polar surface area (TPSA) is 46.9 Å². The smallest absolute Gasteiger partial charge is 0.293 e. The zero-order valence-electron chi connectivity index (χ0n) is 11.2. The van der Waals surface area contributed by atoms with Gasteiger partial charge in [-0.3, -0.25) is 4.79 Å². The Morgan fingerprint density at radius 3 is 2.71 bits per heavy atom. The van der Waals surface area contributed by atoms with E-state index in [2.05, 4.69) is 38.0 Å². The van der Waals surface area contributed by atoms with E-state index < -0.39 is 0 Å². The predicted molar refractivity (Wildman–Crippen MR) is 71.3 cm³/mol. The van der Waals surface area contributed by atoms with Gasteiger partial charge < -0.3 is 9.88 Å². The summed E-state index contributed by atoms with van der Waals surface area (Å²) < 4.78 is 1.71. The van der Waals surface area contributed by atoms with Crippen LogP contribution in [0.1, 0.15) is 40.5 Å². The van der Waals surface area contributed by atoms with Crippen LogP contribution in [0.2, 0.25) is 0 Å². The first-order chi connectivity index (χ1) is 8.04. The van der Waals surface area contributed by atoms with E-state index in [-0.39, 0.29) is 11.6 Å². The quantitative estimate of drug-likeness (QED) is 0.827. The van der Waals surface area contributed by atoms with Crippen molar-refractivity contribution in [3.63, 3.8) is 0 Å². The van der Waals surface area contributed by atoms with Crippen molar-refractivity contribution in [2.75, 3.05) is 5.32 Å². The van der Waals surface area contributed by atoms with Crippen molar-refractivity contribution < 1.29 is 0 Å². The summed E-state index contributed by atoms with van der Waals surface area (Å²) in [6, 6.07) is 0.271. The van der Waals surface area contributed by atoms with Crippen molar-refractivity contribution in [3.05, 3.63) is 22.7 Å². The highest BCUT2D eigenvalue weighted by Gasteiger charge is 2.09. The van der Waals surface area contributed by atoms with E-state index in [1.165, 1.54) is 0 Å². The van der Waals surface area contributed by atoms with Gasteiger partial charge >= 0.3 is 0 Å². The maximum absolute atomic E-state index is 12.0. The lowest BCUT2D eigenvalue weighted by Gasteiger charge is -2.16. The lowest BCUT2D eigenvalue weighted by atomic mass is 10.1. The zero-order chi connectivity index (χ0) is 12.8. The number of nitrogens with one attached hydrogen (secondary N) is 1. The number of aryl methyl sites for hydroxylation is 1. The van der Waals surface area contributed by atoms with E-state index in [0.29, 0.717) is 11.7 Å². The molecule has 1 aromatic heterocycles. The number of hydrogen-bond donors (Lipinski definition) is 1. The Labute approximate surface area is 103 Å². The molecule has 1 unspecified atom stereocenters. The third-order valence-electron chi connectivity index (χ3n) is 2.59. The highest BCUT2D eigenvalue weighted by molar-refractivity contribution is 5.31. The van der Waals surface area contributed by atoms with E-state index in [1.807, 2.05) is 0 Å². The SMILES string of the molecule is CCCn1ccnc(NC(C)CC(C)C)c1=O. The van der Waals surface area contributed by atoms with Crippen molar-refractivity contribution in [3.8, 4) is 0 Å². The van der Waals surface area contributed by atoms with Crippen LogP contribution in [0.25, 0.3) is 0 Å². The summed E-state index contributed by atoms with van der Waals surface area (Å²) >= 11 is 0. The van der Waals surface area contributed by atoms with Crippen molar-refractivity contribution in [2.24, 2.45) is 5.92 Å². The normalized spacial score (nSPS) is 12.8. The molecule has 0 aliphatic rings. The van der Waals surface area contributed by atoms with Gasteiger partial charge in [-0.05, 0) is 25.7 Å². The van der Waals surface area contributed by atoms with Crippen molar-refractivity contribution in [1.29, 1.82) is 0 Å². The minimum absolute atomic E-state index is 0.0232. The predicted octanol–water partition coefficient (Wildman–Crippen LogP) is 2.50. The third-order valence-corrected chi connectivity index (χ3v) is 2.59. The Balaban J connectivity index is 2.77. The van der Waals surface area contributed by atoms with E-state index in [1.54, 1.807) is 17.0 Å². The highest BCUT2D eigenvalue weighted by Crippen LogP contribution is 2.07. The zero-order valence-corrected chi connectivity index (χ0v) is 11.2. The molecule has 1 aromatic rings. The van der Waals surface area contributed by atoms with Crippen molar-refractivity contribution in [2.45, 2.75) is 53.1 Å². The molecule has 0 fully saturated rings. The summed E-state index contributed by atoms with van der Waals surface area (Å²) in [5.74, 6) is 1.08. The molecule has 1 heterocycles. The fourth-order valence-electron chi connectivity index (χ4n) is 1.96. The van der Waals surface area contributed by atoms with Crippen molar-refractivity contribution in [1.82, 2.24) is 9.55 Å². The van der Waals surface area contributed by atoms with Crippen LogP contribution < -0.4 is 10.9 Å². The number of nitrogens with zero attached hydrogens (tertiary/aromatic N) is 2. The summed E-state index contributed by atoms with van der Waals surface area (Å²) in [7, 11) is 0. The number of hydrogen-bond acceptors (Lipinski definition) is 3. The summed E-state index contributed by atoms with van der Waals surface area (Å²) in [4.78, 5) is 16.1. The van der Waals surface area contributed by atoms with Gasteiger partial charge in [0, 0.05) is 25.0 Å². The third kappa shape index (κ3) is 4.21. The van der Waals surface area contributed by atoms with Gasteiger partial charge in [0.25, 0.3) is 5.56 Å². The second kappa shape index (κ2) is 6.42. The van der Waals surface area contributed by atoms with Gasteiger partial charge in [0.15, 0.2) is 5.82 Å². The molecular formula is C13H23N3O. The average Bonchev–Trinajstić information content (AvgIpc) is 2.23. The highest BCUT2D eigenvalue weighted by atomic mass is 16.1. The molecule has 4 nitrogen and oxygen atoms in total. The molecule has 1 N–H and O–H groups in total. The number of aromatic nitrogens is 2. The van der Waals surface area contributed by atoms with Gasteiger partial charge in [-0.2, -0.15) is 0 Å². The second-order valence-corrected chi connectivity index (χ2v) is 4.95. The molecule has 17 heavy (non-hydrogen) atoms. The molecule has 0 amide bonds. The summed E-state index contributed by atoms with van der Waals surface area (Å²) in [6.45, 7) is 9.23. The Bertz CT molecular complexity index is 398. The molecule has 1 atom stereocenters. The van der Waals surface area contributed by atoms with Crippen LogP contribution in [0.3, 0.4) is 0 Å². The van der Waals surface area contributed by atoms with Crippen LogP contribution in [0.4, 0.5) is 5.82 Å². The molecule has 0 aliphatic heterocycles. The molecule has 4 heteroatoms. The second-order valence-electron chi connectivity index (χ2n) is 4.95. The minimum Gasteiger partial charge on any atom is -0.363 e. The molecule has 1 rings (SSSR count). The maximum atomic E-state index is 12.0. The van der Waals surface area contributed by atoms with Gasteiger partial charge in [0.2, 0.25) is 0 Å². The average molecular weight is 237 g/mol. The van der Waals surface area contributed by atoms with Crippen LogP contribution in [0, 0.1) is 5.92 Å². The molecule has 96 valence electrons. The summed E-state index contributed by atoms with van der Waals surface area (Å²) in [5, 5.41) is 3.20. The maximum Gasteiger partial charge on any atom is 0.293 e.